The van der Waals surface area contributed by atoms with Crippen LogP contribution in [0.15, 0.2) is 54.6 Å². The van der Waals surface area contributed by atoms with Crippen molar-refractivity contribution in [3.8, 4) is 0 Å². The van der Waals surface area contributed by atoms with E-state index in [-0.39, 0.29) is 17.7 Å². The summed E-state index contributed by atoms with van der Waals surface area (Å²) in [6.07, 6.45) is 5.92. The molecule has 4 nitrogen and oxygen atoms in total. The number of hydrogen-bond donors (Lipinski definition) is 1. The summed E-state index contributed by atoms with van der Waals surface area (Å²) in [4.78, 5) is 29.4. The van der Waals surface area contributed by atoms with Crippen LogP contribution in [-0.4, -0.2) is 35.3 Å². The Morgan fingerprint density at radius 2 is 1.71 bits per heavy atom. The summed E-state index contributed by atoms with van der Waals surface area (Å²) in [5, 5.41) is 3.23. The van der Waals surface area contributed by atoms with Gasteiger partial charge in [0.25, 0.3) is 5.91 Å². The van der Waals surface area contributed by atoms with Gasteiger partial charge in [-0.1, -0.05) is 81.6 Å². The maximum atomic E-state index is 13.7. The monoisotopic (exact) mass is 418 g/mol. The normalized spacial score (nSPS) is 20.0. The third-order valence-electron chi connectivity index (χ3n) is 6.91. The SMILES string of the molecule is CC(C)CN1C(=O)c2ccccc2[C@@H](C(=O)NCCc2ccccc2)C12CCCCC2. The molecule has 1 saturated carbocycles. The predicted molar refractivity (Wildman–Crippen MR) is 124 cm³/mol. The smallest absolute Gasteiger partial charge is 0.254 e. The van der Waals surface area contributed by atoms with Crippen molar-refractivity contribution >= 4 is 11.8 Å². The fourth-order valence-corrected chi connectivity index (χ4v) is 5.55. The number of rotatable bonds is 6. The Hall–Kier alpha value is -2.62. The number of hydrogen-bond acceptors (Lipinski definition) is 2. The van der Waals surface area contributed by atoms with Gasteiger partial charge >= 0.3 is 0 Å². The molecule has 1 aliphatic heterocycles. The molecule has 1 spiro atoms. The lowest BCUT2D eigenvalue weighted by Crippen LogP contribution is -2.63. The van der Waals surface area contributed by atoms with Crippen LogP contribution in [0, 0.1) is 5.92 Å². The van der Waals surface area contributed by atoms with Gasteiger partial charge in [-0.2, -0.15) is 0 Å². The van der Waals surface area contributed by atoms with Gasteiger partial charge in [-0.25, -0.2) is 0 Å². The molecule has 2 aromatic carbocycles. The zero-order valence-electron chi connectivity index (χ0n) is 18.8. The molecule has 1 atom stereocenters. The second kappa shape index (κ2) is 9.25. The molecule has 1 aliphatic carbocycles. The number of carbonyl (C=O) groups excluding carboxylic acids is 2. The second-order valence-corrected chi connectivity index (χ2v) is 9.52. The highest BCUT2D eigenvalue weighted by Gasteiger charge is 2.54. The van der Waals surface area contributed by atoms with E-state index in [0.717, 1.165) is 37.7 Å². The molecule has 2 amide bonds. The highest BCUT2D eigenvalue weighted by Crippen LogP contribution is 2.49. The average molecular weight is 419 g/mol. The predicted octanol–water partition coefficient (Wildman–Crippen LogP) is 4.94. The van der Waals surface area contributed by atoms with E-state index in [0.29, 0.717) is 24.6 Å². The Bertz CT molecular complexity index is 916. The maximum Gasteiger partial charge on any atom is 0.254 e. The molecule has 0 unspecified atom stereocenters. The zero-order valence-corrected chi connectivity index (χ0v) is 18.8. The van der Waals surface area contributed by atoms with Crippen molar-refractivity contribution < 1.29 is 9.59 Å². The van der Waals surface area contributed by atoms with E-state index in [2.05, 4.69) is 36.2 Å². The molecular weight excluding hydrogens is 384 g/mol. The van der Waals surface area contributed by atoms with Crippen LogP contribution in [0.2, 0.25) is 0 Å². The Kier molecular flexibility index (Phi) is 6.45. The summed E-state index contributed by atoms with van der Waals surface area (Å²) in [5.41, 5.74) is 2.41. The largest absolute Gasteiger partial charge is 0.355 e. The van der Waals surface area contributed by atoms with Crippen molar-refractivity contribution in [1.82, 2.24) is 10.2 Å². The van der Waals surface area contributed by atoms with Gasteiger partial charge in [0.05, 0.1) is 11.5 Å². The third-order valence-corrected chi connectivity index (χ3v) is 6.91. The molecule has 2 aliphatic rings. The van der Waals surface area contributed by atoms with Gasteiger partial charge in [-0.15, -0.1) is 0 Å². The van der Waals surface area contributed by atoms with E-state index in [9.17, 15) is 9.59 Å². The molecule has 2 aromatic rings. The minimum atomic E-state index is -0.412. The Labute approximate surface area is 186 Å². The van der Waals surface area contributed by atoms with Crippen LogP contribution >= 0.6 is 0 Å². The van der Waals surface area contributed by atoms with E-state index >= 15 is 0 Å². The van der Waals surface area contributed by atoms with Crippen molar-refractivity contribution in [1.29, 1.82) is 0 Å². The highest BCUT2D eigenvalue weighted by molar-refractivity contribution is 6.02. The van der Waals surface area contributed by atoms with Gasteiger partial charge in [0.2, 0.25) is 5.91 Å². The number of carbonyl (C=O) groups is 2. The van der Waals surface area contributed by atoms with Crippen LogP contribution < -0.4 is 5.32 Å². The first-order valence-corrected chi connectivity index (χ1v) is 11.8. The molecule has 0 radical (unpaired) electrons. The van der Waals surface area contributed by atoms with Crippen molar-refractivity contribution in [2.75, 3.05) is 13.1 Å². The lowest BCUT2D eigenvalue weighted by Gasteiger charge is -2.54. The lowest BCUT2D eigenvalue weighted by molar-refractivity contribution is -0.127. The number of amides is 2. The molecule has 164 valence electrons. The third kappa shape index (κ3) is 4.26. The minimum absolute atomic E-state index is 0.0616. The fraction of sp³-hybridized carbons (Fsp3) is 0.481. The zero-order chi connectivity index (χ0) is 21.8. The van der Waals surface area contributed by atoms with Gasteiger partial charge in [-0.05, 0) is 42.4 Å². The lowest BCUT2D eigenvalue weighted by atomic mass is 9.65. The molecule has 1 N–H and O–H groups in total. The Balaban J connectivity index is 1.67. The molecular formula is C27H34N2O2. The van der Waals surface area contributed by atoms with Gasteiger partial charge < -0.3 is 10.2 Å². The number of fused-ring (bicyclic) bond motifs is 1. The van der Waals surface area contributed by atoms with Crippen molar-refractivity contribution in [3.63, 3.8) is 0 Å². The first-order valence-electron chi connectivity index (χ1n) is 11.8. The standard InChI is InChI=1S/C27H34N2O2/c1-20(2)19-29-26(31)23-14-8-7-13-22(23)24(27(29)16-9-4-10-17-27)25(30)28-18-15-21-11-5-3-6-12-21/h3,5-8,11-14,20,24H,4,9-10,15-19H2,1-2H3,(H,28,30)/t24-/m0/s1. The summed E-state index contributed by atoms with van der Waals surface area (Å²) in [5.74, 6) is 0.206. The Morgan fingerprint density at radius 1 is 1.03 bits per heavy atom. The van der Waals surface area contributed by atoms with Crippen LogP contribution in [-0.2, 0) is 11.2 Å². The van der Waals surface area contributed by atoms with E-state index < -0.39 is 5.54 Å². The van der Waals surface area contributed by atoms with Gasteiger partial charge in [-0.3, -0.25) is 9.59 Å². The molecule has 31 heavy (non-hydrogen) atoms. The van der Waals surface area contributed by atoms with Gasteiger partial charge in [0.15, 0.2) is 0 Å². The van der Waals surface area contributed by atoms with E-state index in [1.54, 1.807) is 0 Å². The van der Waals surface area contributed by atoms with E-state index in [1.165, 1.54) is 12.0 Å². The first kappa shape index (κ1) is 21.6. The summed E-state index contributed by atoms with van der Waals surface area (Å²) in [7, 11) is 0. The summed E-state index contributed by atoms with van der Waals surface area (Å²) >= 11 is 0. The summed E-state index contributed by atoms with van der Waals surface area (Å²) in [6.45, 7) is 5.61. The highest BCUT2D eigenvalue weighted by atomic mass is 16.2. The maximum absolute atomic E-state index is 13.7. The number of nitrogens with zero attached hydrogens (tertiary/aromatic N) is 1. The van der Waals surface area contributed by atoms with Crippen LogP contribution in [0.1, 0.15) is 73.4 Å². The van der Waals surface area contributed by atoms with E-state index in [1.807, 2.05) is 42.5 Å². The van der Waals surface area contributed by atoms with Crippen molar-refractivity contribution in [2.24, 2.45) is 5.92 Å². The molecule has 4 rings (SSSR count). The number of benzene rings is 2. The van der Waals surface area contributed by atoms with Crippen LogP contribution in [0.5, 0.6) is 0 Å². The first-order chi connectivity index (χ1) is 15.0. The Morgan fingerprint density at radius 3 is 2.42 bits per heavy atom. The fourth-order valence-electron chi connectivity index (χ4n) is 5.55. The molecule has 1 fully saturated rings. The molecule has 0 bridgehead atoms. The van der Waals surface area contributed by atoms with Crippen molar-refractivity contribution in [2.45, 2.75) is 63.8 Å². The molecule has 4 heteroatoms. The molecule has 0 saturated heterocycles. The summed E-state index contributed by atoms with van der Waals surface area (Å²) in [6, 6.07) is 18.0. The topological polar surface area (TPSA) is 49.4 Å². The minimum Gasteiger partial charge on any atom is -0.355 e. The summed E-state index contributed by atoms with van der Waals surface area (Å²) < 4.78 is 0. The van der Waals surface area contributed by atoms with Gasteiger partial charge in [0, 0.05) is 18.7 Å². The molecule has 0 aromatic heterocycles. The number of nitrogens with one attached hydrogen (secondary N) is 1. The molecule has 1 heterocycles. The quantitative estimate of drug-likeness (QED) is 0.722. The second-order valence-electron chi connectivity index (χ2n) is 9.52. The average Bonchev–Trinajstić information content (AvgIpc) is 2.78. The van der Waals surface area contributed by atoms with E-state index in [4.69, 9.17) is 0 Å². The van der Waals surface area contributed by atoms with Crippen LogP contribution in [0.4, 0.5) is 0 Å². The van der Waals surface area contributed by atoms with Gasteiger partial charge in [0.1, 0.15) is 0 Å². The van der Waals surface area contributed by atoms with Crippen LogP contribution in [0.3, 0.4) is 0 Å². The van der Waals surface area contributed by atoms with Crippen LogP contribution in [0.25, 0.3) is 0 Å². The van der Waals surface area contributed by atoms with Crippen molar-refractivity contribution in [3.05, 3.63) is 71.3 Å².